The number of likely N-dealkylation sites (tertiary alicyclic amines) is 1. The van der Waals surface area contributed by atoms with E-state index >= 15 is 0 Å². The molecule has 1 aliphatic heterocycles. The van der Waals surface area contributed by atoms with E-state index in [0.717, 1.165) is 57.2 Å². The quantitative estimate of drug-likeness (QED) is 0.885. The summed E-state index contributed by atoms with van der Waals surface area (Å²) in [7, 11) is 0. The maximum Gasteiger partial charge on any atom is 0.223 e. The van der Waals surface area contributed by atoms with Gasteiger partial charge in [-0.3, -0.25) is 9.69 Å². The second-order valence-electron chi connectivity index (χ2n) is 8.09. The Hall–Kier alpha value is -1.49. The van der Waals surface area contributed by atoms with Crippen molar-refractivity contribution in [3.8, 4) is 0 Å². The summed E-state index contributed by atoms with van der Waals surface area (Å²) in [5.41, 5.74) is 0.161. The van der Waals surface area contributed by atoms with E-state index < -0.39 is 11.6 Å². The van der Waals surface area contributed by atoms with Crippen LogP contribution in [0, 0.1) is 35.3 Å². The highest BCUT2D eigenvalue weighted by Crippen LogP contribution is 2.54. The number of fused-ring (bicyclic) bond motifs is 1. The molecule has 1 unspecified atom stereocenters. The molecule has 0 spiro atoms. The maximum atomic E-state index is 13.8. The van der Waals surface area contributed by atoms with Crippen LogP contribution in [0.25, 0.3) is 0 Å². The van der Waals surface area contributed by atoms with Crippen LogP contribution in [0.15, 0.2) is 18.2 Å². The van der Waals surface area contributed by atoms with Crippen molar-refractivity contribution < 1.29 is 13.6 Å². The molecule has 3 aliphatic rings. The van der Waals surface area contributed by atoms with E-state index in [1.54, 1.807) is 0 Å². The fraction of sp³-hybridized carbons (Fsp3) is 0.650. The molecule has 3 fully saturated rings. The van der Waals surface area contributed by atoms with Gasteiger partial charge in [-0.2, -0.15) is 0 Å². The van der Waals surface area contributed by atoms with E-state index in [1.165, 1.54) is 24.6 Å². The van der Waals surface area contributed by atoms with Crippen LogP contribution in [0.4, 0.5) is 8.78 Å². The molecule has 0 radical (unpaired) electrons. The fourth-order valence-electron chi connectivity index (χ4n) is 4.57. The van der Waals surface area contributed by atoms with E-state index in [2.05, 4.69) is 10.2 Å². The molecule has 1 aromatic carbocycles. The Labute approximate surface area is 147 Å². The molecule has 3 nitrogen and oxygen atoms in total. The average molecular weight is 348 g/mol. The van der Waals surface area contributed by atoms with Crippen LogP contribution in [0.2, 0.25) is 0 Å². The molecule has 1 saturated heterocycles. The van der Waals surface area contributed by atoms with Crippen molar-refractivity contribution >= 4 is 5.91 Å². The van der Waals surface area contributed by atoms with Crippen LogP contribution in [0.5, 0.6) is 0 Å². The van der Waals surface area contributed by atoms with E-state index in [4.69, 9.17) is 0 Å². The van der Waals surface area contributed by atoms with Gasteiger partial charge in [0, 0.05) is 24.6 Å². The summed E-state index contributed by atoms with van der Waals surface area (Å²) >= 11 is 0. The van der Waals surface area contributed by atoms with Crippen molar-refractivity contribution in [1.29, 1.82) is 0 Å². The topological polar surface area (TPSA) is 32.3 Å². The van der Waals surface area contributed by atoms with Crippen molar-refractivity contribution in [3.05, 3.63) is 35.4 Å². The van der Waals surface area contributed by atoms with Gasteiger partial charge in [-0.15, -0.1) is 0 Å². The third kappa shape index (κ3) is 3.86. The number of hydrogen-bond acceptors (Lipinski definition) is 2. The van der Waals surface area contributed by atoms with Crippen molar-refractivity contribution in [3.63, 3.8) is 0 Å². The van der Waals surface area contributed by atoms with Gasteiger partial charge in [0.2, 0.25) is 5.91 Å². The standard InChI is InChI=1S/C20H26F2N2O/c21-18-2-1-3-19(22)17(18)12-24-6-4-13(5-7-24)11-23-20(25)16-9-14-8-15(14)10-16/h1-3,13-16H,4-12H2,(H,23,25)/t14-,15+,16?. The number of piperidine rings is 1. The molecular weight excluding hydrogens is 322 g/mol. The van der Waals surface area contributed by atoms with E-state index in [1.807, 2.05) is 0 Å². The van der Waals surface area contributed by atoms with Gasteiger partial charge in [0.05, 0.1) is 0 Å². The Morgan fingerprint density at radius 2 is 1.72 bits per heavy atom. The summed E-state index contributed by atoms with van der Waals surface area (Å²) in [5, 5.41) is 3.14. The molecule has 1 N–H and O–H groups in total. The monoisotopic (exact) mass is 348 g/mol. The first-order valence-corrected chi connectivity index (χ1v) is 9.53. The second kappa shape index (κ2) is 7.02. The Balaban J connectivity index is 1.20. The highest BCUT2D eigenvalue weighted by molar-refractivity contribution is 5.79. The SMILES string of the molecule is O=C(NCC1CCN(Cc2c(F)cccc2F)CC1)C1C[C@@H]2C[C@@H]2C1. The Bertz CT molecular complexity index is 612. The van der Waals surface area contributed by atoms with Crippen molar-refractivity contribution in [1.82, 2.24) is 10.2 Å². The summed E-state index contributed by atoms with van der Waals surface area (Å²) in [6.45, 7) is 2.71. The second-order valence-corrected chi connectivity index (χ2v) is 8.09. The molecule has 1 heterocycles. The van der Waals surface area contributed by atoms with Gasteiger partial charge >= 0.3 is 0 Å². The summed E-state index contributed by atoms with van der Waals surface area (Å²) in [4.78, 5) is 14.3. The number of halogens is 2. The Morgan fingerprint density at radius 1 is 1.08 bits per heavy atom. The Kier molecular flexibility index (Phi) is 4.76. The minimum absolute atomic E-state index is 0.161. The molecule has 136 valence electrons. The van der Waals surface area contributed by atoms with Gasteiger partial charge in [0.15, 0.2) is 0 Å². The number of nitrogens with zero attached hydrogens (tertiary/aromatic N) is 1. The lowest BCUT2D eigenvalue weighted by Gasteiger charge is -2.32. The predicted molar refractivity (Wildman–Crippen MR) is 91.7 cm³/mol. The number of carbonyl (C=O) groups excluding carboxylic acids is 1. The smallest absolute Gasteiger partial charge is 0.223 e. The van der Waals surface area contributed by atoms with Gasteiger partial charge in [0.1, 0.15) is 11.6 Å². The van der Waals surface area contributed by atoms with Crippen LogP contribution < -0.4 is 5.32 Å². The van der Waals surface area contributed by atoms with E-state index in [9.17, 15) is 13.6 Å². The third-order valence-electron chi connectivity index (χ3n) is 6.33. The molecule has 4 rings (SSSR count). The zero-order valence-electron chi connectivity index (χ0n) is 14.5. The van der Waals surface area contributed by atoms with Crippen molar-refractivity contribution in [2.24, 2.45) is 23.7 Å². The fourth-order valence-corrected chi connectivity index (χ4v) is 4.57. The molecule has 5 heteroatoms. The largest absolute Gasteiger partial charge is 0.356 e. The van der Waals surface area contributed by atoms with Crippen molar-refractivity contribution in [2.45, 2.75) is 38.6 Å². The molecule has 0 bridgehead atoms. The molecule has 3 atom stereocenters. The molecular formula is C20H26F2N2O. The zero-order valence-corrected chi connectivity index (χ0v) is 14.5. The number of amides is 1. The summed E-state index contributed by atoms with van der Waals surface area (Å²) < 4.78 is 27.5. The average Bonchev–Trinajstić information content (AvgIpc) is 3.22. The van der Waals surface area contributed by atoms with Crippen LogP contribution >= 0.6 is 0 Å². The van der Waals surface area contributed by atoms with Gasteiger partial charge < -0.3 is 5.32 Å². The van der Waals surface area contributed by atoms with Gasteiger partial charge in [-0.05, 0) is 75.1 Å². The molecule has 25 heavy (non-hydrogen) atoms. The van der Waals surface area contributed by atoms with Gasteiger partial charge in [-0.1, -0.05) is 6.07 Å². The molecule has 1 amide bonds. The summed E-state index contributed by atoms with van der Waals surface area (Å²) in [5.74, 6) is 1.68. The number of rotatable bonds is 5. The third-order valence-corrected chi connectivity index (χ3v) is 6.33. The maximum absolute atomic E-state index is 13.8. The highest BCUT2D eigenvalue weighted by atomic mass is 19.1. The molecule has 0 aromatic heterocycles. The number of carbonyl (C=O) groups is 1. The predicted octanol–water partition coefficient (Wildman–Crippen LogP) is 3.34. The number of hydrogen-bond donors (Lipinski definition) is 1. The highest BCUT2D eigenvalue weighted by Gasteiger charge is 2.47. The van der Waals surface area contributed by atoms with Crippen LogP contribution in [0.3, 0.4) is 0 Å². The minimum Gasteiger partial charge on any atom is -0.356 e. The summed E-state index contributed by atoms with van der Waals surface area (Å²) in [6, 6.07) is 4.03. The first kappa shape index (κ1) is 17.0. The molecule has 1 aromatic rings. The lowest BCUT2D eigenvalue weighted by atomic mass is 9.95. The van der Waals surface area contributed by atoms with E-state index in [0.29, 0.717) is 12.5 Å². The first-order chi connectivity index (χ1) is 12.1. The van der Waals surface area contributed by atoms with Gasteiger partial charge in [-0.25, -0.2) is 8.78 Å². The van der Waals surface area contributed by atoms with Gasteiger partial charge in [0.25, 0.3) is 0 Å². The minimum atomic E-state index is -0.469. The van der Waals surface area contributed by atoms with Crippen LogP contribution in [0.1, 0.15) is 37.7 Å². The number of benzene rings is 1. The normalized spacial score (nSPS) is 29.4. The molecule has 2 aliphatic carbocycles. The lowest BCUT2D eigenvalue weighted by Crippen LogP contribution is -2.40. The summed E-state index contributed by atoms with van der Waals surface area (Å²) in [6.07, 6.45) is 5.44. The first-order valence-electron chi connectivity index (χ1n) is 9.53. The molecule has 2 saturated carbocycles. The number of nitrogens with one attached hydrogen (secondary N) is 1. The van der Waals surface area contributed by atoms with E-state index in [-0.39, 0.29) is 17.4 Å². The van der Waals surface area contributed by atoms with Crippen LogP contribution in [-0.2, 0) is 11.3 Å². The van der Waals surface area contributed by atoms with Crippen molar-refractivity contribution in [2.75, 3.05) is 19.6 Å². The lowest BCUT2D eigenvalue weighted by molar-refractivity contribution is -0.125. The van der Waals surface area contributed by atoms with Crippen LogP contribution in [-0.4, -0.2) is 30.4 Å². The Morgan fingerprint density at radius 3 is 2.36 bits per heavy atom. The zero-order chi connectivity index (χ0) is 17.4.